The highest BCUT2D eigenvalue weighted by atomic mass is 35.5. The fourth-order valence-corrected chi connectivity index (χ4v) is 3.34. The number of amides is 2. The third-order valence-corrected chi connectivity index (χ3v) is 5.41. The van der Waals surface area contributed by atoms with Crippen LogP contribution in [0.4, 0.5) is 26.3 Å². The van der Waals surface area contributed by atoms with E-state index in [0.29, 0.717) is 12.1 Å². The van der Waals surface area contributed by atoms with Gasteiger partial charge in [-0.05, 0) is 35.4 Å². The predicted molar refractivity (Wildman–Crippen MR) is 112 cm³/mol. The zero-order valence-corrected chi connectivity index (χ0v) is 18.4. The standard InChI is InChI=1S/C20H13Cl3F6N2O2/c21-14-6-10(7-15(22)17(14)23)12(19(24,25)26)4-2-9-1-3-11(13(5-9)20(27,28)29)18(33)31-8-16(30)32/h1-7,12H,8H2,(H2,30,32)(H,31,33)/b4-2+. The number of nitrogens with two attached hydrogens (primary N) is 1. The third-order valence-electron chi connectivity index (χ3n) is 4.22. The molecule has 0 fully saturated rings. The molecule has 0 aliphatic heterocycles. The van der Waals surface area contributed by atoms with Gasteiger partial charge in [0.2, 0.25) is 5.91 Å². The van der Waals surface area contributed by atoms with Gasteiger partial charge in [0.15, 0.2) is 0 Å². The van der Waals surface area contributed by atoms with Gasteiger partial charge in [-0.1, -0.05) is 53.0 Å². The smallest absolute Gasteiger partial charge is 0.368 e. The minimum Gasteiger partial charge on any atom is -0.368 e. The lowest BCUT2D eigenvalue weighted by Crippen LogP contribution is -2.34. The Morgan fingerprint density at radius 3 is 2.06 bits per heavy atom. The molecule has 178 valence electrons. The maximum atomic E-state index is 13.6. The van der Waals surface area contributed by atoms with Crippen molar-refractivity contribution in [3.8, 4) is 0 Å². The number of benzene rings is 2. The summed E-state index contributed by atoms with van der Waals surface area (Å²) in [5.74, 6) is -4.47. The van der Waals surface area contributed by atoms with Crippen molar-refractivity contribution in [3.05, 3.63) is 73.7 Å². The molecule has 1 unspecified atom stereocenters. The lowest BCUT2D eigenvalue weighted by atomic mass is 9.96. The van der Waals surface area contributed by atoms with Gasteiger partial charge in [0.25, 0.3) is 5.91 Å². The summed E-state index contributed by atoms with van der Waals surface area (Å²) in [6.45, 7) is -0.697. The lowest BCUT2D eigenvalue weighted by Gasteiger charge is -2.18. The second-order valence-corrected chi connectivity index (χ2v) is 7.82. The number of alkyl halides is 6. The van der Waals surface area contributed by atoms with E-state index in [1.54, 1.807) is 0 Å². The number of halogens is 9. The maximum Gasteiger partial charge on any atom is 0.417 e. The first-order valence-electron chi connectivity index (χ1n) is 8.78. The Labute approximate surface area is 198 Å². The summed E-state index contributed by atoms with van der Waals surface area (Å²) in [4.78, 5) is 22.7. The van der Waals surface area contributed by atoms with Gasteiger partial charge < -0.3 is 11.1 Å². The van der Waals surface area contributed by atoms with Crippen LogP contribution in [0, 0.1) is 0 Å². The van der Waals surface area contributed by atoms with Gasteiger partial charge in [0.1, 0.15) is 0 Å². The minimum absolute atomic E-state index is 0.146. The van der Waals surface area contributed by atoms with Crippen LogP contribution in [0.15, 0.2) is 36.4 Å². The Bertz CT molecular complexity index is 1080. The highest BCUT2D eigenvalue weighted by Crippen LogP contribution is 2.41. The van der Waals surface area contributed by atoms with Crippen molar-refractivity contribution >= 4 is 52.7 Å². The predicted octanol–water partition coefficient (Wildman–Crippen LogP) is 6.24. The molecule has 0 saturated heterocycles. The van der Waals surface area contributed by atoms with Gasteiger partial charge in [0.05, 0.1) is 38.7 Å². The molecule has 0 aliphatic rings. The van der Waals surface area contributed by atoms with Gasteiger partial charge in [-0.25, -0.2) is 0 Å². The fraction of sp³-hybridized carbons (Fsp3) is 0.200. The van der Waals surface area contributed by atoms with Crippen molar-refractivity contribution in [2.24, 2.45) is 5.73 Å². The van der Waals surface area contributed by atoms with E-state index in [1.807, 2.05) is 5.32 Å². The van der Waals surface area contributed by atoms with E-state index in [0.717, 1.165) is 30.3 Å². The van der Waals surface area contributed by atoms with Crippen molar-refractivity contribution < 1.29 is 35.9 Å². The SMILES string of the molecule is NC(=O)CNC(=O)c1ccc(/C=C/C(c2cc(Cl)c(Cl)c(Cl)c2)C(F)(F)F)cc1C(F)(F)F. The van der Waals surface area contributed by atoms with Crippen molar-refractivity contribution in [2.45, 2.75) is 18.3 Å². The second kappa shape index (κ2) is 10.2. The highest BCUT2D eigenvalue weighted by molar-refractivity contribution is 6.48. The molecule has 1 atom stereocenters. The van der Waals surface area contributed by atoms with E-state index in [-0.39, 0.29) is 26.2 Å². The van der Waals surface area contributed by atoms with Gasteiger partial charge in [-0.15, -0.1) is 0 Å². The van der Waals surface area contributed by atoms with Crippen molar-refractivity contribution in [1.82, 2.24) is 5.32 Å². The Morgan fingerprint density at radius 1 is 1.00 bits per heavy atom. The van der Waals surface area contributed by atoms with Gasteiger partial charge >= 0.3 is 12.4 Å². The zero-order valence-electron chi connectivity index (χ0n) is 16.1. The Kier molecular flexibility index (Phi) is 8.32. The molecule has 4 nitrogen and oxygen atoms in total. The number of primary amides is 1. The molecule has 0 heterocycles. The first-order valence-corrected chi connectivity index (χ1v) is 9.91. The molecule has 0 radical (unpaired) electrons. The lowest BCUT2D eigenvalue weighted by molar-refractivity contribution is -0.139. The molecule has 3 N–H and O–H groups in total. The molecule has 0 saturated carbocycles. The number of carbonyl (C=O) groups is 2. The van der Waals surface area contributed by atoms with E-state index in [4.69, 9.17) is 40.5 Å². The molecule has 2 rings (SSSR count). The number of carbonyl (C=O) groups excluding carboxylic acids is 2. The van der Waals surface area contributed by atoms with E-state index in [2.05, 4.69) is 0 Å². The van der Waals surface area contributed by atoms with E-state index in [9.17, 15) is 35.9 Å². The van der Waals surface area contributed by atoms with E-state index < -0.39 is 47.8 Å². The summed E-state index contributed by atoms with van der Waals surface area (Å²) in [7, 11) is 0. The molecule has 13 heteroatoms. The van der Waals surface area contributed by atoms with Crippen LogP contribution in [0.5, 0.6) is 0 Å². The summed E-state index contributed by atoms with van der Waals surface area (Å²) in [5, 5.41) is 1.32. The quantitative estimate of drug-likeness (QED) is 0.341. The first-order chi connectivity index (χ1) is 15.1. The Hall–Kier alpha value is -2.43. The molecule has 0 spiro atoms. The topological polar surface area (TPSA) is 72.2 Å². The van der Waals surface area contributed by atoms with Crippen LogP contribution in [0.1, 0.15) is 33.0 Å². The van der Waals surface area contributed by atoms with Crippen LogP contribution in [0.3, 0.4) is 0 Å². The summed E-state index contributed by atoms with van der Waals surface area (Å²) in [5.41, 5.74) is 1.96. The Balaban J connectivity index is 2.47. The molecule has 33 heavy (non-hydrogen) atoms. The second-order valence-electron chi connectivity index (χ2n) is 6.63. The maximum absolute atomic E-state index is 13.6. The number of rotatable bonds is 6. The van der Waals surface area contributed by atoms with Gasteiger partial charge in [0, 0.05) is 0 Å². The number of allylic oxidation sites excluding steroid dienone is 1. The van der Waals surface area contributed by atoms with Crippen LogP contribution in [-0.2, 0) is 11.0 Å². The molecule has 0 bridgehead atoms. The van der Waals surface area contributed by atoms with Gasteiger partial charge in [-0.2, -0.15) is 26.3 Å². The first kappa shape index (κ1) is 26.8. The fourth-order valence-electron chi connectivity index (χ4n) is 2.73. The van der Waals surface area contributed by atoms with Crippen LogP contribution >= 0.6 is 34.8 Å². The molecule has 2 aromatic rings. The third kappa shape index (κ3) is 7.02. The molecule has 0 aliphatic carbocycles. The van der Waals surface area contributed by atoms with Crippen molar-refractivity contribution in [2.75, 3.05) is 6.54 Å². The van der Waals surface area contributed by atoms with Crippen LogP contribution in [0.2, 0.25) is 15.1 Å². The highest BCUT2D eigenvalue weighted by Gasteiger charge is 2.40. The van der Waals surface area contributed by atoms with Crippen molar-refractivity contribution in [1.29, 1.82) is 0 Å². The zero-order chi connectivity index (χ0) is 25.1. The number of nitrogens with one attached hydrogen (secondary N) is 1. The number of hydrogen-bond donors (Lipinski definition) is 2. The van der Waals surface area contributed by atoms with E-state index >= 15 is 0 Å². The summed E-state index contributed by atoms with van der Waals surface area (Å²) in [6.07, 6.45) is -8.41. The van der Waals surface area contributed by atoms with Crippen LogP contribution < -0.4 is 11.1 Å². The molecular weight excluding hydrogens is 521 g/mol. The average Bonchev–Trinajstić information content (AvgIpc) is 2.68. The monoisotopic (exact) mass is 532 g/mol. The van der Waals surface area contributed by atoms with Gasteiger partial charge in [-0.3, -0.25) is 9.59 Å². The Morgan fingerprint density at radius 2 is 1.58 bits per heavy atom. The summed E-state index contributed by atoms with van der Waals surface area (Å²) >= 11 is 17.3. The van der Waals surface area contributed by atoms with Crippen molar-refractivity contribution in [3.63, 3.8) is 0 Å². The number of hydrogen-bond acceptors (Lipinski definition) is 2. The minimum atomic E-state index is -5.01. The summed E-state index contributed by atoms with van der Waals surface area (Å²) in [6, 6.07) is 4.19. The summed E-state index contributed by atoms with van der Waals surface area (Å²) < 4.78 is 81.2. The van der Waals surface area contributed by atoms with Crippen LogP contribution in [-0.4, -0.2) is 24.5 Å². The van der Waals surface area contributed by atoms with Crippen LogP contribution in [0.25, 0.3) is 6.08 Å². The largest absolute Gasteiger partial charge is 0.417 e. The average molecular weight is 534 g/mol. The van der Waals surface area contributed by atoms with E-state index in [1.165, 1.54) is 0 Å². The molecule has 2 amide bonds. The molecule has 2 aromatic carbocycles. The molecule has 0 aromatic heterocycles. The normalized spacial score (nSPS) is 13.2. The molecular formula is C20H13Cl3F6N2O2.